The van der Waals surface area contributed by atoms with Crippen molar-refractivity contribution in [3.05, 3.63) is 83.7 Å². The molecule has 2 aliphatic heterocycles. The summed E-state index contributed by atoms with van der Waals surface area (Å²) in [4.78, 5) is 90.1. The minimum absolute atomic E-state index is 0.0547. The Hall–Kier alpha value is -5.08. The van der Waals surface area contributed by atoms with Gasteiger partial charge in [0.05, 0.1) is 12.1 Å². The topological polar surface area (TPSA) is 163 Å². The zero-order valence-electron chi connectivity index (χ0n) is 47.2. The number of allylic oxidation sites excluding steroid dienone is 1. The number of aryl methyl sites for hydroxylation is 2. The molecule has 6 amide bonds. The van der Waals surface area contributed by atoms with Gasteiger partial charge in [0.15, 0.2) is 0 Å². The predicted octanol–water partition coefficient (Wildman–Crippen LogP) is 8.54. The second-order valence-electron chi connectivity index (χ2n) is 23.1. The number of amides is 6. The zero-order chi connectivity index (χ0) is 54.3. The van der Waals surface area contributed by atoms with Crippen molar-refractivity contribution in [2.24, 2.45) is 10.8 Å². The Morgan fingerprint density at radius 3 is 1.61 bits per heavy atom. The van der Waals surface area contributed by atoms with Crippen LogP contribution in [0.4, 0.5) is 0 Å². The largest absolute Gasteiger partial charge is 0.342 e. The second kappa shape index (κ2) is 31.1. The number of nitrogens with one attached hydrogen (secondary N) is 4. The van der Waals surface area contributed by atoms with Crippen LogP contribution < -0.4 is 21.3 Å². The van der Waals surface area contributed by atoms with Crippen LogP contribution in [0.2, 0.25) is 0 Å². The summed E-state index contributed by atoms with van der Waals surface area (Å²) in [6.07, 6.45) is 16.7. The van der Waals surface area contributed by atoms with Crippen LogP contribution in [0.5, 0.6) is 0 Å². The Morgan fingerprint density at radius 2 is 1.09 bits per heavy atom. The lowest BCUT2D eigenvalue weighted by molar-refractivity contribution is -0.142. The van der Waals surface area contributed by atoms with Crippen molar-refractivity contribution < 1.29 is 28.8 Å². The van der Waals surface area contributed by atoms with Gasteiger partial charge in [-0.3, -0.25) is 28.8 Å². The van der Waals surface area contributed by atoms with Crippen molar-refractivity contribution in [1.82, 2.24) is 40.9 Å². The molecule has 2 heterocycles. The van der Waals surface area contributed by atoms with Gasteiger partial charge in [0.2, 0.25) is 35.4 Å². The van der Waals surface area contributed by atoms with Gasteiger partial charge in [-0.05, 0) is 127 Å². The molecule has 0 aliphatic carbocycles. The first-order chi connectivity index (χ1) is 35.2. The quantitative estimate of drug-likeness (QED) is 0.0566. The highest BCUT2D eigenvalue weighted by Crippen LogP contribution is 2.30. The van der Waals surface area contributed by atoms with Gasteiger partial charge >= 0.3 is 0 Å². The molecule has 0 unspecified atom stereocenters. The molecule has 0 saturated carbocycles. The second-order valence-corrected chi connectivity index (χ2v) is 23.1. The fourth-order valence-electron chi connectivity index (χ4n) is 9.92. The molecule has 14 heteroatoms. The number of hydrogen-bond donors (Lipinski definition) is 4. The fourth-order valence-corrected chi connectivity index (χ4v) is 9.92. The zero-order valence-corrected chi connectivity index (χ0v) is 47.2. The smallest absolute Gasteiger partial charge is 0.249 e. The van der Waals surface area contributed by atoms with Crippen LogP contribution in [0.3, 0.4) is 0 Å². The Bertz CT molecular complexity index is 2080. The number of unbranched alkanes of at least 4 members (excludes halogenated alkanes) is 7. The Balaban J connectivity index is 1.33. The number of carbonyl (C=O) groups is 6. The molecule has 2 fully saturated rings. The van der Waals surface area contributed by atoms with E-state index in [0.29, 0.717) is 52.0 Å². The Kier molecular flexibility index (Phi) is 25.8. The molecule has 2 aliphatic rings. The lowest BCUT2D eigenvalue weighted by Gasteiger charge is -2.37. The van der Waals surface area contributed by atoms with Crippen LogP contribution in [-0.2, 0) is 41.6 Å². The molecule has 74 heavy (non-hydrogen) atoms. The highest BCUT2D eigenvalue weighted by Gasteiger charge is 2.41. The maximum Gasteiger partial charge on any atom is 0.249 e. The van der Waals surface area contributed by atoms with Crippen LogP contribution in [0.15, 0.2) is 72.6 Å². The van der Waals surface area contributed by atoms with E-state index in [1.807, 2.05) is 74.6 Å². The summed E-state index contributed by atoms with van der Waals surface area (Å²) in [6, 6.07) is 18.4. The molecular weight excluding hydrogens is 929 g/mol. The lowest BCUT2D eigenvalue weighted by Crippen LogP contribution is -2.59. The van der Waals surface area contributed by atoms with Crippen molar-refractivity contribution in [3.63, 3.8) is 0 Å². The molecule has 2 aromatic rings. The summed E-state index contributed by atoms with van der Waals surface area (Å²) in [5.74, 6) is -0.493. The van der Waals surface area contributed by atoms with E-state index in [2.05, 4.69) is 69.8 Å². The number of likely N-dealkylation sites (N-methyl/N-ethyl adjacent to an activating group) is 2. The number of nitrogens with zero attached hydrogens (tertiary/aromatic N) is 4. The molecule has 14 nitrogen and oxygen atoms in total. The van der Waals surface area contributed by atoms with Crippen LogP contribution in [0.25, 0.3) is 0 Å². The molecule has 2 aromatic carbocycles. The van der Waals surface area contributed by atoms with Gasteiger partial charge < -0.3 is 40.9 Å². The molecular formula is C60H96N8O6. The number of likely N-dealkylation sites (tertiary alicyclic amines) is 2. The first kappa shape index (κ1) is 61.5. The molecule has 5 atom stereocenters. The van der Waals surface area contributed by atoms with Crippen LogP contribution in [0, 0.1) is 10.8 Å². The SMILES string of the molecule is CN[C@@H](C)C(=O)N[C@H](C(=O)N1CCC/C1=C\N(CCCCc1ccccc1)C(=O)CCCCCCCCC(=O)N(CCCCc1ccccc1)C[C@@H]1CCCN1C(=O)[C@@H](NC(=O)[C@H](C)NC)C(C)(C)C)C(C)(C)C. The molecule has 0 spiro atoms. The summed E-state index contributed by atoms with van der Waals surface area (Å²) >= 11 is 0. The minimum atomic E-state index is -0.726. The highest BCUT2D eigenvalue weighted by atomic mass is 16.2. The first-order valence-electron chi connectivity index (χ1n) is 28.2. The van der Waals surface area contributed by atoms with Gasteiger partial charge in [0.25, 0.3) is 0 Å². The van der Waals surface area contributed by atoms with Gasteiger partial charge in [-0.25, -0.2) is 0 Å². The van der Waals surface area contributed by atoms with Gasteiger partial charge in [-0.2, -0.15) is 0 Å². The number of benzene rings is 2. The van der Waals surface area contributed by atoms with E-state index in [1.165, 1.54) is 11.1 Å². The van der Waals surface area contributed by atoms with Crippen molar-refractivity contribution in [2.75, 3.05) is 46.8 Å². The number of rotatable bonds is 30. The fraction of sp³-hybridized carbons (Fsp3) is 0.667. The average molecular weight is 1030 g/mol. The third-order valence-corrected chi connectivity index (χ3v) is 14.9. The Morgan fingerprint density at radius 1 is 0.608 bits per heavy atom. The van der Waals surface area contributed by atoms with Gasteiger partial charge in [0.1, 0.15) is 12.1 Å². The van der Waals surface area contributed by atoms with Crippen molar-refractivity contribution in [3.8, 4) is 0 Å². The van der Waals surface area contributed by atoms with E-state index >= 15 is 0 Å². The maximum absolute atomic E-state index is 14.2. The van der Waals surface area contributed by atoms with Crippen molar-refractivity contribution >= 4 is 35.4 Å². The third-order valence-electron chi connectivity index (χ3n) is 14.9. The summed E-state index contributed by atoms with van der Waals surface area (Å²) in [5.41, 5.74) is 2.35. The number of hydrogen-bond acceptors (Lipinski definition) is 8. The molecule has 0 bridgehead atoms. The van der Waals surface area contributed by atoms with Gasteiger partial charge in [-0.15, -0.1) is 0 Å². The summed E-state index contributed by atoms with van der Waals surface area (Å²) in [7, 11) is 3.45. The van der Waals surface area contributed by atoms with Gasteiger partial charge in [0, 0.05) is 63.5 Å². The van der Waals surface area contributed by atoms with E-state index in [0.717, 1.165) is 102 Å². The van der Waals surface area contributed by atoms with E-state index in [9.17, 15) is 28.8 Å². The van der Waals surface area contributed by atoms with E-state index in [1.54, 1.807) is 32.8 Å². The minimum Gasteiger partial charge on any atom is -0.342 e. The lowest BCUT2D eigenvalue weighted by atomic mass is 9.85. The molecule has 2 saturated heterocycles. The van der Waals surface area contributed by atoms with E-state index < -0.39 is 35.0 Å². The molecule has 4 rings (SSSR count). The molecule has 412 valence electrons. The standard InChI is InChI=1S/C60H96N8O6/c1-45(61-9)55(71)63-53(59(3,4)5)57(73)67-41-27-35-49(67)43-65(39-25-23-33-47-29-17-15-18-30-47)51(69)37-21-13-11-12-14-22-38-52(70)66(40-26-24-34-48-31-19-16-20-32-48)44-50-36-28-42-68(50)58(74)54(60(6,7)8)64-56(72)46(2)62-10/h15-20,29-32,43,45-46,50,53-54,61-62H,11-14,21-28,33-42,44H2,1-10H3,(H,63,71)(H,64,72)/b49-43+/t45-,46-,50-,53+,54+/m0/s1. The van der Waals surface area contributed by atoms with Gasteiger partial charge in [-0.1, -0.05) is 128 Å². The summed E-state index contributed by atoms with van der Waals surface area (Å²) in [5, 5.41) is 12.0. The van der Waals surface area contributed by atoms with Crippen molar-refractivity contribution in [2.45, 2.75) is 201 Å². The number of carbonyl (C=O) groups excluding carboxylic acids is 6. The van der Waals surface area contributed by atoms with E-state index in [-0.39, 0.29) is 41.5 Å². The normalized spacial score (nSPS) is 17.2. The molecule has 0 radical (unpaired) electrons. The van der Waals surface area contributed by atoms with Crippen molar-refractivity contribution in [1.29, 1.82) is 0 Å². The third kappa shape index (κ3) is 20.2. The predicted molar refractivity (Wildman–Crippen MR) is 298 cm³/mol. The molecule has 4 N–H and O–H groups in total. The highest BCUT2D eigenvalue weighted by molar-refractivity contribution is 5.92. The average Bonchev–Trinajstić information content (AvgIpc) is 4.06. The van der Waals surface area contributed by atoms with E-state index in [4.69, 9.17) is 0 Å². The summed E-state index contributed by atoms with van der Waals surface area (Å²) in [6.45, 7) is 18.2. The Labute approximate surface area is 446 Å². The van der Waals surface area contributed by atoms with Crippen LogP contribution in [-0.4, -0.2) is 132 Å². The monoisotopic (exact) mass is 1020 g/mol. The van der Waals surface area contributed by atoms with Crippen LogP contribution in [0.1, 0.15) is 169 Å². The summed E-state index contributed by atoms with van der Waals surface area (Å²) < 4.78 is 0. The first-order valence-corrected chi connectivity index (χ1v) is 28.2. The molecule has 0 aromatic heterocycles. The maximum atomic E-state index is 14.2. The van der Waals surface area contributed by atoms with Crippen LogP contribution >= 0.6 is 0 Å².